The minimum atomic E-state index is -0.657. The summed E-state index contributed by atoms with van der Waals surface area (Å²) in [7, 11) is 1.56. The Balaban J connectivity index is 1.76. The topological polar surface area (TPSA) is 55.8 Å². The molecule has 5 heteroatoms. The van der Waals surface area contributed by atoms with Crippen LogP contribution in [-0.2, 0) is 14.3 Å². The Morgan fingerprint density at radius 3 is 2.81 bits per heavy atom. The molecule has 0 saturated carbocycles. The second-order valence-electron chi connectivity index (χ2n) is 5.84. The van der Waals surface area contributed by atoms with E-state index < -0.39 is 17.4 Å². The van der Waals surface area contributed by atoms with Crippen molar-refractivity contribution < 1.29 is 19.1 Å². The van der Waals surface area contributed by atoms with Gasteiger partial charge in [-0.3, -0.25) is 9.59 Å². The molecule has 4 atom stereocenters. The van der Waals surface area contributed by atoms with Crippen molar-refractivity contribution in [1.29, 1.82) is 0 Å². The lowest BCUT2D eigenvalue weighted by Crippen LogP contribution is -2.38. The first-order valence-electron chi connectivity index (χ1n) is 6.94. The third kappa shape index (κ3) is 1.49. The van der Waals surface area contributed by atoms with Crippen LogP contribution in [0.4, 0.5) is 5.69 Å². The van der Waals surface area contributed by atoms with E-state index >= 15 is 0 Å². The fourth-order valence-electron chi connectivity index (χ4n) is 3.66. The summed E-state index contributed by atoms with van der Waals surface area (Å²) in [5.74, 6) is -0.581. The number of fused-ring (bicyclic) bond motifs is 5. The molecule has 3 aliphatic rings. The Morgan fingerprint density at radius 2 is 2.10 bits per heavy atom. The molecule has 0 unspecified atom stereocenters. The van der Waals surface area contributed by atoms with Crippen molar-refractivity contribution in [3.05, 3.63) is 36.4 Å². The molecule has 2 amide bonds. The standard InChI is InChI=1S/C16H15NO4/c1-16-7-6-11(21-16)12-13(16)15(19)17(14(12)18)9-4-3-5-10(8-9)20-2/h3-8,11-13H,1-2H3/t11-,12-,13-,16-/m1/s1. The van der Waals surface area contributed by atoms with Crippen molar-refractivity contribution in [2.45, 2.75) is 18.6 Å². The van der Waals surface area contributed by atoms with Gasteiger partial charge in [-0.2, -0.15) is 0 Å². The first-order valence-corrected chi connectivity index (χ1v) is 6.94. The number of rotatable bonds is 2. The Labute approximate surface area is 122 Å². The van der Waals surface area contributed by atoms with Gasteiger partial charge in [0.25, 0.3) is 0 Å². The zero-order chi connectivity index (χ0) is 14.8. The largest absolute Gasteiger partial charge is 0.497 e. The summed E-state index contributed by atoms with van der Waals surface area (Å²) in [6.45, 7) is 1.87. The maximum absolute atomic E-state index is 12.7. The average Bonchev–Trinajstić information content (AvgIpc) is 3.08. The number of amides is 2. The molecule has 2 fully saturated rings. The smallest absolute Gasteiger partial charge is 0.241 e. The van der Waals surface area contributed by atoms with Crippen LogP contribution in [0.15, 0.2) is 36.4 Å². The second-order valence-corrected chi connectivity index (χ2v) is 5.84. The highest BCUT2D eigenvalue weighted by molar-refractivity contribution is 6.23. The number of hydrogen-bond acceptors (Lipinski definition) is 4. The van der Waals surface area contributed by atoms with Gasteiger partial charge in [0, 0.05) is 6.07 Å². The fourth-order valence-corrected chi connectivity index (χ4v) is 3.66. The van der Waals surface area contributed by atoms with Gasteiger partial charge in [-0.25, -0.2) is 4.90 Å². The van der Waals surface area contributed by atoms with E-state index in [2.05, 4.69) is 0 Å². The molecule has 3 aliphatic heterocycles. The summed E-state index contributed by atoms with van der Waals surface area (Å²) in [6, 6.07) is 7.01. The number of hydrogen-bond donors (Lipinski definition) is 0. The SMILES string of the molecule is COc1cccc(N2C(=O)[C@@H]3[C@H]4C=C[C@@](C)(O4)[C@H]3C2=O)c1. The molecule has 4 rings (SSSR count). The number of methoxy groups -OCH3 is 1. The number of ether oxygens (including phenoxy) is 2. The molecule has 0 N–H and O–H groups in total. The van der Waals surface area contributed by atoms with E-state index in [-0.39, 0.29) is 17.9 Å². The van der Waals surface area contributed by atoms with E-state index in [1.165, 1.54) is 4.90 Å². The summed E-state index contributed by atoms with van der Waals surface area (Å²) in [5, 5.41) is 0. The van der Waals surface area contributed by atoms with Gasteiger partial charge >= 0.3 is 0 Å². The zero-order valence-electron chi connectivity index (χ0n) is 11.8. The summed E-state index contributed by atoms with van der Waals surface area (Å²) in [6.07, 6.45) is 3.51. The number of benzene rings is 1. The average molecular weight is 285 g/mol. The van der Waals surface area contributed by atoms with Crippen molar-refractivity contribution in [1.82, 2.24) is 0 Å². The molecule has 2 bridgehead atoms. The highest BCUT2D eigenvalue weighted by Gasteiger charge is 2.66. The van der Waals surface area contributed by atoms with Crippen molar-refractivity contribution in [2.75, 3.05) is 12.0 Å². The van der Waals surface area contributed by atoms with Crippen LogP contribution < -0.4 is 9.64 Å². The van der Waals surface area contributed by atoms with Crippen LogP contribution in [0.3, 0.4) is 0 Å². The summed E-state index contributed by atoms with van der Waals surface area (Å²) < 4.78 is 11.0. The monoisotopic (exact) mass is 285 g/mol. The Hall–Kier alpha value is -2.14. The van der Waals surface area contributed by atoms with E-state index in [9.17, 15) is 9.59 Å². The van der Waals surface area contributed by atoms with Crippen LogP contribution in [0.1, 0.15) is 6.92 Å². The van der Waals surface area contributed by atoms with Crippen LogP contribution in [0.5, 0.6) is 5.75 Å². The van der Waals surface area contributed by atoms with Gasteiger partial charge in [0.2, 0.25) is 11.8 Å². The summed E-state index contributed by atoms with van der Waals surface area (Å²) in [5.41, 5.74) is -0.0999. The predicted octanol–water partition coefficient (Wildman–Crippen LogP) is 1.53. The van der Waals surface area contributed by atoms with Crippen LogP contribution in [0.25, 0.3) is 0 Å². The lowest BCUT2D eigenvalue weighted by molar-refractivity contribution is -0.126. The maximum Gasteiger partial charge on any atom is 0.241 e. The van der Waals surface area contributed by atoms with Crippen LogP contribution in [0, 0.1) is 11.8 Å². The third-order valence-corrected chi connectivity index (χ3v) is 4.64. The van der Waals surface area contributed by atoms with Crippen molar-refractivity contribution >= 4 is 17.5 Å². The van der Waals surface area contributed by atoms with Gasteiger partial charge in [-0.05, 0) is 19.1 Å². The molecule has 108 valence electrons. The van der Waals surface area contributed by atoms with Gasteiger partial charge in [-0.15, -0.1) is 0 Å². The van der Waals surface area contributed by atoms with Gasteiger partial charge < -0.3 is 9.47 Å². The lowest BCUT2D eigenvalue weighted by Gasteiger charge is -2.24. The first kappa shape index (κ1) is 12.6. The molecular formula is C16H15NO4. The molecule has 0 spiro atoms. The molecular weight excluding hydrogens is 270 g/mol. The zero-order valence-corrected chi connectivity index (χ0v) is 11.8. The van der Waals surface area contributed by atoms with Crippen LogP contribution in [0.2, 0.25) is 0 Å². The minimum absolute atomic E-state index is 0.184. The summed E-state index contributed by atoms with van der Waals surface area (Å²) >= 11 is 0. The Morgan fingerprint density at radius 1 is 1.29 bits per heavy atom. The van der Waals surface area contributed by atoms with E-state index in [1.807, 2.05) is 19.1 Å². The first-order chi connectivity index (χ1) is 10.0. The van der Waals surface area contributed by atoms with Crippen LogP contribution >= 0.6 is 0 Å². The number of imide groups is 1. The summed E-state index contributed by atoms with van der Waals surface area (Å²) in [4.78, 5) is 26.7. The van der Waals surface area contributed by atoms with Crippen molar-refractivity contribution in [3.63, 3.8) is 0 Å². The third-order valence-electron chi connectivity index (χ3n) is 4.64. The molecule has 21 heavy (non-hydrogen) atoms. The number of carbonyl (C=O) groups excluding carboxylic acids is 2. The number of anilines is 1. The van der Waals surface area contributed by atoms with E-state index in [1.54, 1.807) is 31.4 Å². The molecule has 5 nitrogen and oxygen atoms in total. The van der Waals surface area contributed by atoms with Gasteiger partial charge in [0.1, 0.15) is 5.75 Å². The molecule has 1 aromatic rings. The maximum atomic E-state index is 12.7. The molecule has 2 saturated heterocycles. The molecule has 0 aromatic heterocycles. The van der Waals surface area contributed by atoms with E-state index in [0.717, 1.165) is 0 Å². The van der Waals surface area contributed by atoms with Crippen molar-refractivity contribution in [2.24, 2.45) is 11.8 Å². The van der Waals surface area contributed by atoms with Gasteiger partial charge in [-0.1, -0.05) is 18.2 Å². The lowest BCUT2D eigenvalue weighted by atomic mass is 9.78. The van der Waals surface area contributed by atoms with Gasteiger partial charge in [0.05, 0.1) is 36.3 Å². The predicted molar refractivity (Wildman–Crippen MR) is 74.9 cm³/mol. The van der Waals surface area contributed by atoms with Gasteiger partial charge in [0.15, 0.2) is 0 Å². The Kier molecular flexibility index (Phi) is 2.37. The molecule has 3 heterocycles. The fraction of sp³-hybridized carbons (Fsp3) is 0.375. The van der Waals surface area contributed by atoms with Crippen molar-refractivity contribution in [3.8, 4) is 5.75 Å². The number of nitrogens with zero attached hydrogens (tertiary/aromatic N) is 1. The molecule has 0 radical (unpaired) electrons. The quantitative estimate of drug-likeness (QED) is 0.611. The Bertz CT molecular complexity index is 683. The van der Waals surface area contributed by atoms with E-state index in [0.29, 0.717) is 11.4 Å². The number of carbonyl (C=O) groups is 2. The normalized spacial score (nSPS) is 36.5. The molecule has 0 aliphatic carbocycles. The highest BCUT2D eigenvalue weighted by atomic mass is 16.5. The van der Waals surface area contributed by atoms with E-state index in [4.69, 9.17) is 9.47 Å². The highest BCUT2D eigenvalue weighted by Crippen LogP contribution is 2.52. The minimum Gasteiger partial charge on any atom is -0.497 e. The van der Waals surface area contributed by atoms with Crippen LogP contribution in [-0.4, -0.2) is 30.6 Å². The molecule has 1 aromatic carbocycles. The second kappa shape index (κ2) is 3.95.